The fraction of sp³-hybridized carbons (Fsp3) is 0.533. The van der Waals surface area contributed by atoms with Crippen molar-refractivity contribution in [1.82, 2.24) is 4.31 Å². The quantitative estimate of drug-likeness (QED) is 0.917. The summed E-state index contributed by atoms with van der Waals surface area (Å²) in [6.45, 7) is 2.77. The fourth-order valence-electron chi connectivity index (χ4n) is 2.75. The highest BCUT2D eigenvalue weighted by Gasteiger charge is 2.31. The molecule has 21 heavy (non-hydrogen) atoms. The number of rotatable bonds is 4. The van der Waals surface area contributed by atoms with E-state index in [2.05, 4.69) is 0 Å². The molecule has 0 radical (unpaired) electrons. The van der Waals surface area contributed by atoms with Crippen LogP contribution >= 0.6 is 0 Å². The standard InChI is InChI=1S/C15H20N2O3S/c1-12-4-5-14(10-16)9-15(12)21(19,20)17-7-2-3-13(11-17)6-8-18/h4-5,9,13,18H,2-3,6-8,11H2,1H3. The Labute approximate surface area is 125 Å². The van der Waals surface area contributed by atoms with E-state index < -0.39 is 10.0 Å². The minimum atomic E-state index is -3.58. The number of hydrogen-bond acceptors (Lipinski definition) is 4. The molecule has 1 unspecified atom stereocenters. The lowest BCUT2D eigenvalue weighted by Crippen LogP contribution is -2.40. The Kier molecular flexibility index (Phi) is 4.99. The number of nitrogens with zero attached hydrogens (tertiary/aromatic N) is 2. The van der Waals surface area contributed by atoms with Gasteiger partial charge in [-0.1, -0.05) is 6.07 Å². The second kappa shape index (κ2) is 6.56. The molecular weight excluding hydrogens is 288 g/mol. The van der Waals surface area contributed by atoms with Crippen LogP contribution in [0.15, 0.2) is 23.1 Å². The monoisotopic (exact) mass is 308 g/mol. The molecule has 6 heteroatoms. The molecule has 1 aliphatic rings. The van der Waals surface area contributed by atoms with Crippen molar-refractivity contribution in [3.63, 3.8) is 0 Å². The maximum atomic E-state index is 12.8. The molecule has 0 amide bonds. The van der Waals surface area contributed by atoms with Gasteiger partial charge in [0, 0.05) is 19.7 Å². The van der Waals surface area contributed by atoms with Gasteiger partial charge in [0.25, 0.3) is 0 Å². The molecule has 0 bridgehead atoms. The van der Waals surface area contributed by atoms with Crippen LogP contribution in [0, 0.1) is 24.2 Å². The normalized spacial score (nSPS) is 20.1. The summed E-state index contributed by atoms with van der Waals surface area (Å²) in [7, 11) is -3.58. The maximum absolute atomic E-state index is 12.8. The van der Waals surface area contributed by atoms with Gasteiger partial charge in [-0.3, -0.25) is 0 Å². The molecule has 1 fully saturated rings. The van der Waals surface area contributed by atoms with Gasteiger partial charge >= 0.3 is 0 Å². The summed E-state index contributed by atoms with van der Waals surface area (Å²) < 4.78 is 27.0. The first-order valence-electron chi connectivity index (χ1n) is 7.11. The van der Waals surface area contributed by atoms with Gasteiger partial charge in [-0.15, -0.1) is 0 Å². The second-order valence-corrected chi connectivity index (χ2v) is 7.38. The number of aliphatic hydroxyl groups excluding tert-OH is 1. The Morgan fingerprint density at radius 2 is 2.24 bits per heavy atom. The molecule has 1 N–H and O–H groups in total. The Balaban J connectivity index is 2.31. The predicted octanol–water partition coefficient (Wildman–Crippen LogP) is 1.65. The summed E-state index contributed by atoms with van der Waals surface area (Å²) in [6, 6.07) is 6.72. The molecule has 1 aromatic rings. The maximum Gasteiger partial charge on any atom is 0.243 e. The molecular formula is C15H20N2O3S. The highest BCUT2D eigenvalue weighted by atomic mass is 32.2. The second-order valence-electron chi connectivity index (χ2n) is 5.48. The van der Waals surface area contributed by atoms with E-state index in [1.54, 1.807) is 19.1 Å². The first kappa shape index (κ1) is 16.0. The van der Waals surface area contributed by atoms with Crippen LogP contribution in [0.2, 0.25) is 0 Å². The van der Waals surface area contributed by atoms with Gasteiger partial charge in [0.15, 0.2) is 0 Å². The van der Waals surface area contributed by atoms with Crippen molar-refractivity contribution in [1.29, 1.82) is 5.26 Å². The molecule has 1 heterocycles. The Morgan fingerprint density at radius 3 is 2.90 bits per heavy atom. The predicted molar refractivity (Wildman–Crippen MR) is 79.1 cm³/mol. The molecule has 114 valence electrons. The number of nitriles is 1. The van der Waals surface area contributed by atoms with E-state index in [0.717, 1.165) is 12.8 Å². The van der Waals surface area contributed by atoms with Crippen LogP contribution in [-0.4, -0.2) is 37.5 Å². The zero-order valence-electron chi connectivity index (χ0n) is 12.1. The molecule has 0 spiro atoms. The summed E-state index contributed by atoms with van der Waals surface area (Å²) in [5.41, 5.74) is 1.00. The van der Waals surface area contributed by atoms with Crippen LogP contribution in [-0.2, 0) is 10.0 Å². The lowest BCUT2D eigenvalue weighted by molar-refractivity contribution is 0.203. The number of hydrogen-bond donors (Lipinski definition) is 1. The lowest BCUT2D eigenvalue weighted by atomic mass is 9.97. The van der Waals surface area contributed by atoms with Gasteiger partial charge in [-0.25, -0.2) is 8.42 Å². The number of benzene rings is 1. The zero-order valence-corrected chi connectivity index (χ0v) is 12.9. The SMILES string of the molecule is Cc1ccc(C#N)cc1S(=O)(=O)N1CCCC(CCO)C1. The molecule has 0 aromatic heterocycles. The average molecular weight is 308 g/mol. The highest BCUT2D eigenvalue weighted by Crippen LogP contribution is 2.27. The van der Waals surface area contributed by atoms with Crippen LogP contribution in [0.3, 0.4) is 0 Å². The van der Waals surface area contributed by atoms with E-state index in [9.17, 15) is 8.42 Å². The van der Waals surface area contributed by atoms with Crippen LogP contribution in [0.25, 0.3) is 0 Å². The molecule has 0 saturated carbocycles. The third-order valence-electron chi connectivity index (χ3n) is 3.95. The van der Waals surface area contributed by atoms with Crippen LogP contribution < -0.4 is 0 Å². The number of sulfonamides is 1. The van der Waals surface area contributed by atoms with E-state index in [-0.39, 0.29) is 17.4 Å². The van der Waals surface area contributed by atoms with Gasteiger partial charge in [-0.2, -0.15) is 9.57 Å². The molecule has 1 saturated heterocycles. The highest BCUT2D eigenvalue weighted by molar-refractivity contribution is 7.89. The summed E-state index contributed by atoms with van der Waals surface area (Å²) in [5.74, 6) is 0.206. The zero-order chi connectivity index (χ0) is 15.5. The van der Waals surface area contributed by atoms with Crippen molar-refractivity contribution in [3.8, 4) is 6.07 Å². The van der Waals surface area contributed by atoms with Crippen molar-refractivity contribution < 1.29 is 13.5 Å². The molecule has 1 aliphatic heterocycles. The molecule has 1 atom stereocenters. The van der Waals surface area contributed by atoms with Crippen molar-refractivity contribution >= 4 is 10.0 Å². The largest absolute Gasteiger partial charge is 0.396 e. The third-order valence-corrected chi connectivity index (χ3v) is 5.96. The number of aliphatic hydroxyl groups is 1. The van der Waals surface area contributed by atoms with Gasteiger partial charge in [0.1, 0.15) is 0 Å². The van der Waals surface area contributed by atoms with Crippen LogP contribution in [0.1, 0.15) is 30.4 Å². The summed E-state index contributed by atoms with van der Waals surface area (Å²) >= 11 is 0. The summed E-state index contributed by atoms with van der Waals surface area (Å²) in [4.78, 5) is 0.214. The third kappa shape index (κ3) is 3.43. The molecule has 5 nitrogen and oxygen atoms in total. The van der Waals surface area contributed by atoms with E-state index in [4.69, 9.17) is 10.4 Å². The van der Waals surface area contributed by atoms with Crippen molar-refractivity contribution in [2.75, 3.05) is 19.7 Å². The summed E-state index contributed by atoms with van der Waals surface area (Å²) in [6.07, 6.45) is 2.38. The topological polar surface area (TPSA) is 81.4 Å². The number of aryl methyl sites for hydroxylation is 1. The first-order valence-corrected chi connectivity index (χ1v) is 8.55. The first-order chi connectivity index (χ1) is 9.98. The van der Waals surface area contributed by atoms with Crippen LogP contribution in [0.4, 0.5) is 0 Å². The van der Waals surface area contributed by atoms with Gasteiger partial charge in [0.2, 0.25) is 10.0 Å². The van der Waals surface area contributed by atoms with Crippen molar-refractivity contribution in [2.45, 2.75) is 31.1 Å². The fourth-order valence-corrected chi connectivity index (χ4v) is 4.56. The summed E-state index contributed by atoms with van der Waals surface area (Å²) in [5, 5.41) is 18.0. The van der Waals surface area contributed by atoms with E-state index in [0.29, 0.717) is 30.6 Å². The van der Waals surface area contributed by atoms with Gasteiger partial charge in [0.05, 0.1) is 16.5 Å². The van der Waals surface area contributed by atoms with E-state index >= 15 is 0 Å². The van der Waals surface area contributed by atoms with Gasteiger partial charge < -0.3 is 5.11 Å². The van der Waals surface area contributed by atoms with Gasteiger partial charge in [-0.05, 0) is 49.8 Å². The Bertz CT molecular complexity index is 647. The van der Waals surface area contributed by atoms with Crippen molar-refractivity contribution in [2.24, 2.45) is 5.92 Å². The molecule has 2 rings (SSSR count). The Hall–Kier alpha value is -1.42. The molecule has 0 aliphatic carbocycles. The van der Waals surface area contributed by atoms with Crippen LogP contribution in [0.5, 0.6) is 0 Å². The minimum absolute atomic E-state index is 0.0848. The number of piperidine rings is 1. The lowest BCUT2D eigenvalue weighted by Gasteiger charge is -2.32. The smallest absolute Gasteiger partial charge is 0.243 e. The van der Waals surface area contributed by atoms with E-state index in [1.165, 1.54) is 10.4 Å². The van der Waals surface area contributed by atoms with Crippen molar-refractivity contribution in [3.05, 3.63) is 29.3 Å². The Morgan fingerprint density at radius 1 is 1.48 bits per heavy atom. The van der Waals surface area contributed by atoms with E-state index in [1.807, 2.05) is 6.07 Å². The average Bonchev–Trinajstić information content (AvgIpc) is 2.48. The minimum Gasteiger partial charge on any atom is -0.396 e. The molecule has 1 aromatic carbocycles.